The highest BCUT2D eigenvalue weighted by molar-refractivity contribution is 7.38. The summed E-state index contributed by atoms with van der Waals surface area (Å²) in [6, 6.07) is 13.2. The number of rotatable bonds is 5. The number of benzene rings is 1. The summed E-state index contributed by atoms with van der Waals surface area (Å²) in [5.41, 5.74) is 0.477. The van der Waals surface area contributed by atoms with Crippen LogP contribution in [0.2, 0.25) is 0 Å². The number of anilines is 1. The lowest BCUT2D eigenvalue weighted by Crippen LogP contribution is -2.17. The maximum Gasteiger partial charge on any atom is 0.414 e. The topological polar surface area (TPSA) is 102 Å². The summed E-state index contributed by atoms with van der Waals surface area (Å²) in [4.78, 5) is 29.4. The summed E-state index contributed by atoms with van der Waals surface area (Å²) in [5.74, 6) is 5.31. The van der Waals surface area contributed by atoms with Gasteiger partial charge in [-0.1, -0.05) is 30.3 Å². The Morgan fingerprint density at radius 1 is 1.19 bits per heavy atom. The number of hydrogen-bond donors (Lipinski definition) is 2. The average Bonchev–Trinajstić information content (AvgIpc) is 3.11. The largest absolute Gasteiger partial charge is 0.481 e. The van der Waals surface area contributed by atoms with Gasteiger partial charge in [-0.15, -0.1) is 22.7 Å². The molecule has 1 amide bonds. The average molecular weight is 465 g/mol. The molecule has 0 spiro atoms. The van der Waals surface area contributed by atoms with Gasteiger partial charge in [0.1, 0.15) is 12.0 Å². The summed E-state index contributed by atoms with van der Waals surface area (Å²) in [6.07, 6.45) is 1.93. The number of fused-ring (bicyclic) bond motifs is 1. The van der Waals surface area contributed by atoms with Gasteiger partial charge in [-0.2, -0.15) is 0 Å². The fraction of sp³-hybridized carbons (Fsp3) is 0.174. The van der Waals surface area contributed by atoms with E-state index in [1.165, 1.54) is 29.1 Å². The number of carbonyl (C=O) groups excluding carboxylic acids is 1. The molecule has 7 nitrogen and oxygen atoms in total. The van der Waals surface area contributed by atoms with Gasteiger partial charge in [-0.3, -0.25) is 10.1 Å². The van der Waals surface area contributed by atoms with E-state index < -0.39 is 17.5 Å². The van der Waals surface area contributed by atoms with E-state index in [0.717, 1.165) is 24.7 Å². The Labute approximate surface area is 190 Å². The Morgan fingerprint density at radius 3 is 2.72 bits per heavy atom. The minimum atomic E-state index is -0.750. The van der Waals surface area contributed by atoms with Crippen molar-refractivity contribution in [1.29, 1.82) is 0 Å². The number of carboxylic acids is 1. The van der Waals surface area contributed by atoms with Crippen molar-refractivity contribution in [2.75, 3.05) is 5.32 Å². The second-order valence-electron chi connectivity index (χ2n) is 7.32. The van der Waals surface area contributed by atoms with Crippen molar-refractivity contribution in [3.8, 4) is 11.8 Å². The van der Waals surface area contributed by atoms with Crippen molar-refractivity contribution >= 4 is 50.0 Å². The number of oxazole rings is 1. The molecule has 1 fully saturated rings. The van der Waals surface area contributed by atoms with Crippen molar-refractivity contribution in [1.82, 2.24) is 4.98 Å². The molecule has 0 aliphatic heterocycles. The predicted octanol–water partition coefficient (Wildman–Crippen LogP) is 5.22. The Kier molecular flexibility index (Phi) is 5.17. The van der Waals surface area contributed by atoms with E-state index in [4.69, 9.17) is 9.15 Å². The molecule has 1 aromatic carbocycles. The molecule has 160 valence electrons. The van der Waals surface area contributed by atoms with Crippen molar-refractivity contribution in [3.63, 3.8) is 0 Å². The van der Waals surface area contributed by atoms with Gasteiger partial charge in [0, 0.05) is 10.3 Å². The van der Waals surface area contributed by atoms with Crippen LogP contribution in [0, 0.1) is 11.8 Å². The fourth-order valence-electron chi connectivity index (χ4n) is 3.22. The number of nitrogens with zero attached hydrogens (tertiary/aromatic N) is 1. The first-order valence-corrected chi connectivity index (χ1v) is 11.4. The second kappa shape index (κ2) is 8.15. The van der Waals surface area contributed by atoms with Crippen LogP contribution in [0.15, 0.2) is 53.3 Å². The van der Waals surface area contributed by atoms with Crippen LogP contribution < -0.4 is 5.32 Å². The summed E-state index contributed by atoms with van der Waals surface area (Å²) in [5, 5.41) is 13.0. The van der Waals surface area contributed by atoms with Crippen molar-refractivity contribution < 1.29 is 23.8 Å². The molecule has 1 aliphatic carbocycles. The number of hydrogen-bond acceptors (Lipinski definition) is 7. The van der Waals surface area contributed by atoms with Gasteiger partial charge in [0.2, 0.25) is 5.88 Å². The van der Waals surface area contributed by atoms with E-state index in [0.29, 0.717) is 18.5 Å². The number of nitrogens with one attached hydrogen (secondary N) is 1. The molecule has 0 bridgehead atoms. The Bertz CT molecular complexity index is 1340. The molecule has 4 aromatic rings. The number of carbonyl (C=O) groups is 2. The molecule has 3 heterocycles. The highest BCUT2D eigenvalue weighted by Gasteiger charge is 2.53. The normalized spacial score (nSPS) is 13.9. The van der Waals surface area contributed by atoms with Gasteiger partial charge >= 0.3 is 12.1 Å². The third kappa shape index (κ3) is 3.98. The second-order valence-corrected chi connectivity index (χ2v) is 9.68. The standard InChI is InChI=1S/C23H16N2O5S2/c26-21(27)23(8-9-23)18-11-15-10-16(31-20(15)32-18)6-7-17-19(30-13-24-17)25-22(28)29-12-14-4-2-1-3-5-14/h1-5,10-11,13H,8-9,12H2,(H,25,28)(H,26,27). The van der Waals surface area contributed by atoms with E-state index in [1.54, 1.807) is 0 Å². The number of carboxylic acid groups (broad SMARTS) is 1. The molecule has 0 saturated heterocycles. The molecule has 32 heavy (non-hydrogen) atoms. The van der Waals surface area contributed by atoms with E-state index in [1.807, 2.05) is 42.5 Å². The molecule has 0 radical (unpaired) electrons. The fourth-order valence-corrected chi connectivity index (χ4v) is 5.76. The number of aromatic nitrogens is 1. The number of thiophene rings is 2. The molecule has 9 heteroatoms. The summed E-state index contributed by atoms with van der Waals surface area (Å²) < 4.78 is 11.5. The van der Waals surface area contributed by atoms with Gasteiger partial charge in [0.25, 0.3) is 0 Å². The highest BCUT2D eigenvalue weighted by atomic mass is 32.2. The van der Waals surface area contributed by atoms with Crippen LogP contribution in [0.1, 0.15) is 33.9 Å². The van der Waals surface area contributed by atoms with Crippen molar-refractivity contribution in [3.05, 3.63) is 69.9 Å². The summed E-state index contributed by atoms with van der Waals surface area (Å²) in [6.45, 7) is 0.138. The Morgan fingerprint density at radius 2 is 2.00 bits per heavy atom. The van der Waals surface area contributed by atoms with Crippen molar-refractivity contribution in [2.45, 2.75) is 24.9 Å². The third-order valence-corrected chi connectivity index (χ3v) is 7.66. The number of ether oxygens (including phenoxy) is 1. The monoisotopic (exact) mass is 464 g/mol. The van der Waals surface area contributed by atoms with E-state index in [-0.39, 0.29) is 12.5 Å². The molecule has 0 atom stereocenters. The zero-order valence-electron chi connectivity index (χ0n) is 16.6. The maximum atomic E-state index is 12.1. The van der Waals surface area contributed by atoms with Crippen LogP contribution in [0.25, 0.3) is 9.40 Å². The van der Waals surface area contributed by atoms with E-state index in [9.17, 15) is 14.7 Å². The molecular formula is C23H16N2O5S2. The molecule has 0 unspecified atom stereocenters. The Balaban J connectivity index is 1.26. The smallest absolute Gasteiger partial charge is 0.414 e. The first-order valence-electron chi connectivity index (χ1n) is 9.74. The van der Waals surface area contributed by atoms with Crippen LogP contribution in [0.4, 0.5) is 10.7 Å². The highest BCUT2D eigenvalue weighted by Crippen LogP contribution is 2.52. The predicted molar refractivity (Wildman–Crippen MR) is 121 cm³/mol. The van der Waals surface area contributed by atoms with Crippen LogP contribution in [-0.2, 0) is 21.6 Å². The van der Waals surface area contributed by atoms with Gasteiger partial charge in [-0.25, -0.2) is 9.78 Å². The van der Waals surface area contributed by atoms with Crippen molar-refractivity contribution in [2.24, 2.45) is 0 Å². The van der Waals surface area contributed by atoms with Crippen LogP contribution in [0.3, 0.4) is 0 Å². The molecular weight excluding hydrogens is 448 g/mol. The summed E-state index contributed by atoms with van der Waals surface area (Å²) in [7, 11) is 0. The van der Waals surface area contributed by atoms with E-state index >= 15 is 0 Å². The lowest BCUT2D eigenvalue weighted by molar-refractivity contribution is -0.139. The number of amides is 1. The number of aliphatic carboxylic acids is 1. The van der Waals surface area contributed by atoms with Gasteiger partial charge < -0.3 is 14.3 Å². The minimum Gasteiger partial charge on any atom is -0.481 e. The first kappa shape index (κ1) is 20.3. The van der Waals surface area contributed by atoms with Gasteiger partial charge in [-0.05, 0) is 42.4 Å². The summed E-state index contributed by atoms with van der Waals surface area (Å²) >= 11 is 3.02. The maximum absolute atomic E-state index is 12.1. The SMILES string of the molecule is O=C(Nc1ocnc1C#Cc1cc2cc(C3(C(=O)O)CC3)sc2s1)OCc1ccccc1. The molecule has 1 aliphatic rings. The molecule has 1 saturated carbocycles. The van der Waals surface area contributed by atoms with Gasteiger partial charge in [0.05, 0.1) is 8.89 Å². The van der Waals surface area contributed by atoms with Crippen LogP contribution in [-0.4, -0.2) is 22.2 Å². The quantitative estimate of drug-likeness (QED) is 0.393. The zero-order valence-corrected chi connectivity index (χ0v) is 18.2. The van der Waals surface area contributed by atoms with Gasteiger partial charge in [0.15, 0.2) is 12.1 Å². The molecule has 5 rings (SSSR count). The lowest BCUT2D eigenvalue weighted by atomic mass is 10.1. The first-order chi connectivity index (χ1) is 15.5. The molecule has 2 N–H and O–H groups in total. The van der Waals surface area contributed by atoms with E-state index in [2.05, 4.69) is 22.1 Å². The third-order valence-electron chi connectivity index (χ3n) is 5.15. The lowest BCUT2D eigenvalue weighted by Gasteiger charge is -2.05. The minimum absolute atomic E-state index is 0.119. The zero-order chi connectivity index (χ0) is 22.1. The Hall–Kier alpha value is -3.61. The van der Waals surface area contributed by atoms with Crippen LogP contribution in [0.5, 0.6) is 0 Å². The van der Waals surface area contributed by atoms with Crippen LogP contribution >= 0.6 is 22.7 Å². The molecule has 3 aromatic heterocycles.